The minimum Gasteiger partial charge on any atom is -0.469 e. The second-order valence-electron chi connectivity index (χ2n) is 5.70. The van der Waals surface area contributed by atoms with Crippen molar-refractivity contribution in [3.63, 3.8) is 0 Å². The van der Waals surface area contributed by atoms with E-state index >= 15 is 0 Å². The summed E-state index contributed by atoms with van der Waals surface area (Å²) in [4.78, 5) is 16.1. The van der Waals surface area contributed by atoms with Crippen LogP contribution in [-0.2, 0) is 14.3 Å². The zero-order valence-electron chi connectivity index (χ0n) is 12.1. The highest BCUT2D eigenvalue weighted by molar-refractivity contribution is 5.69. The van der Waals surface area contributed by atoms with Gasteiger partial charge in [0.1, 0.15) is 0 Å². The number of ether oxygens (including phenoxy) is 2. The molecule has 2 saturated heterocycles. The van der Waals surface area contributed by atoms with Crippen LogP contribution in [-0.4, -0.2) is 74.9 Å². The van der Waals surface area contributed by atoms with E-state index in [1.807, 2.05) is 0 Å². The Bertz CT molecular complexity index is 292. The van der Waals surface area contributed by atoms with Crippen molar-refractivity contribution in [3.05, 3.63) is 0 Å². The Hall–Kier alpha value is -0.650. The summed E-state index contributed by atoms with van der Waals surface area (Å²) in [6.07, 6.45) is 1.70. The molecule has 5 heteroatoms. The summed E-state index contributed by atoms with van der Waals surface area (Å²) < 4.78 is 10.1. The Labute approximate surface area is 115 Å². The number of hydrogen-bond donors (Lipinski definition) is 0. The third-order valence-corrected chi connectivity index (χ3v) is 4.23. The Morgan fingerprint density at radius 3 is 2.89 bits per heavy atom. The Morgan fingerprint density at radius 2 is 2.26 bits per heavy atom. The lowest BCUT2D eigenvalue weighted by molar-refractivity contribution is -0.141. The molecular weight excluding hydrogens is 244 g/mol. The number of rotatable bonds is 5. The number of carbonyl (C=O) groups excluding carboxylic acids is 1. The summed E-state index contributed by atoms with van der Waals surface area (Å²) in [7, 11) is 1.45. The van der Waals surface area contributed by atoms with Crippen LogP contribution in [0.25, 0.3) is 0 Å². The van der Waals surface area contributed by atoms with Crippen LogP contribution in [0.15, 0.2) is 0 Å². The topological polar surface area (TPSA) is 42.0 Å². The first-order valence-corrected chi connectivity index (χ1v) is 7.30. The zero-order chi connectivity index (χ0) is 13.7. The Morgan fingerprint density at radius 1 is 1.42 bits per heavy atom. The van der Waals surface area contributed by atoms with Gasteiger partial charge in [0.2, 0.25) is 0 Å². The third kappa shape index (κ3) is 4.44. The van der Waals surface area contributed by atoms with Gasteiger partial charge >= 0.3 is 5.97 Å². The van der Waals surface area contributed by atoms with Crippen LogP contribution in [0.2, 0.25) is 0 Å². The van der Waals surface area contributed by atoms with Crippen LogP contribution >= 0.6 is 0 Å². The van der Waals surface area contributed by atoms with Gasteiger partial charge in [-0.15, -0.1) is 0 Å². The van der Waals surface area contributed by atoms with E-state index in [9.17, 15) is 4.79 Å². The highest BCUT2D eigenvalue weighted by atomic mass is 16.5. The van der Waals surface area contributed by atoms with Gasteiger partial charge in [-0.3, -0.25) is 14.6 Å². The van der Waals surface area contributed by atoms with Gasteiger partial charge < -0.3 is 9.47 Å². The maximum Gasteiger partial charge on any atom is 0.306 e. The highest BCUT2D eigenvalue weighted by Gasteiger charge is 2.27. The van der Waals surface area contributed by atoms with Gasteiger partial charge in [-0.2, -0.15) is 0 Å². The van der Waals surface area contributed by atoms with Crippen LogP contribution in [0.1, 0.15) is 19.8 Å². The molecule has 0 amide bonds. The Kier molecular flexibility index (Phi) is 5.60. The van der Waals surface area contributed by atoms with E-state index in [1.165, 1.54) is 13.5 Å². The average molecular weight is 270 g/mol. The van der Waals surface area contributed by atoms with Crippen LogP contribution in [0.5, 0.6) is 0 Å². The smallest absolute Gasteiger partial charge is 0.306 e. The van der Waals surface area contributed by atoms with E-state index in [0.29, 0.717) is 18.4 Å². The number of carbonyl (C=O) groups is 1. The molecule has 0 radical (unpaired) electrons. The van der Waals surface area contributed by atoms with Gasteiger partial charge in [0.25, 0.3) is 0 Å². The van der Waals surface area contributed by atoms with E-state index < -0.39 is 0 Å². The molecule has 2 rings (SSSR count). The van der Waals surface area contributed by atoms with Gasteiger partial charge in [-0.05, 0) is 19.3 Å². The summed E-state index contributed by atoms with van der Waals surface area (Å²) in [5.74, 6) is 0.599. The molecule has 0 saturated carbocycles. The molecule has 110 valence electrons. The monoisotopic (exact) mass is 270 g/mol. The quantitative estimate of drug-likeness (QED) is 0.684. The second kappa shape index (κ2) is 7.22. The van der Waals surface area contributed by atoms with Crippen molar-refractivity contribution in [1.82, 2.24) is 9.80 Å². The normalized spacial score (nSPS) is 29.6. The van der Waals surface area contributed by atoms with Gasteiger partial charge in [-0.25, -0.2) is 0 Å². The maximum absolute atomic E-state index is 11.2. The largest absolute Gasteiger partial charge is 0.469 e. The zero-order valence-corrected chi connectivity index (χ0v) is 12.1. The maximum atomic E-state index is 11.2. The fraction of sp³-hybridized carbons (Fsp3) is 0.929. The fourth-order valence-corrected chi connectivity index (χ4v) is 2.96. The first kappa shape index (κ1) is 14.8. The first-order valence-electron chi connectivity index (χ1n) is 7.30. The van der Waals surface area contributed by atoms with Crippen LogP contribution in [0.3, 0.4) is 0 Å². The van der Waals surface area contributed by atoms with Gasteiger partial charge in [-0.1, -0.05) is 0 Å². The molecule has 2 aliphatic heterocycles. The molecule has 0 N–H and O–H groups in total. The standard InChI is InChI=1S/C14H26N2O3/c1-12-9-15(5-3-14(17)18-2)6-7-16(12)10-13-4-8-19-11-13/h12-13H,3-11H2,1-2H3/t12-,13+/m1/s1. The van der Waals surface area contributed by atoms with Gasteiger partial charge in [0.05, 0.1) is 20.1 Å². The number of piperazine rings is 1. The van der Waals surface area contributed by atoms with E-state index in [2.05, 4.69) is 21.5 Å². The number of esters is 1. The van der Waals surface area contributed by atoms with Crippen LogP contribution < -0.4 is 0 Å². The fourth-order valence-electron chi connectivity index (χ4n) is 2.96. The Balaban J connectivity index is 1.69. The molecule has 2 heterocycles. The van der Waals surface area contributed by atoms with Crippen molar-refractivity contribution >= 4 is 5.97 Å². The lowest BCUT2D eigenvalue weighted by Crippen LogP contribution is -2.53. The van der Waals surface area contributed by atoms with Crippen molar-refractivity contribution in [2.75, 3.05) is 53.0 Å². The van der Waals surface area contributed by atoms with Crippen molar-refractivity contribution in [2.45, 2.75) is 25.8 Å². The van der Waals surface area contributed by atoms with Crippen molar-refractivity contribution < 1.29 is 14.3 Å². The minimum atomic E-state index is -0.113. The SMILES string of the molecule is COC(=O)CCN1CCN(C[C@@H]2CCOC2)[C@H](C)C1. The molecule has 19 heavy (non-hydrogen) atoms. The molecule has 2 fully saturated rings. The summed E-state index contributed by atoms with van der Waals surface area (Å²) in [5, 5.41) is 0. The lowest BCUT2D eigenvalue weighted by atomic mass is 10.1. The lowest BCUT2D eigenvalue weighted by Gasteiger charge is -2.40. The van der Waals surface area contributed by atoms with Crippen LogP contribution in [0, 0.1) is 5.92 Å². The molecule has 2 aliphatic rings. The number of nitrogens with zero attached hydrogens (tertiary/aromatic N) is 2. The molecule has 0 aromatic carbocycles. The molecule has 0 unspecified atom stereocenters. The second-order valence-corrected chi connectivity index (χ2v) is 5.70. The minimum absolute atomic E-state index is 0.113. The summed E-state index contributed by atoms with van der Waals surface area (Å²) >= 11 is 0. The molecule has 2 atom stereocenters. The average Bonchev–Trinajstić information content (AvgIpc) is 2.91. The van der Waals surface area contributed by atoms with Gasteiger partial charge in [0, 0.05) is 45.4 Å². The third-order valence-electron chi connectivity index (χ3n) is 4.23. The number of methoxy groups -OCH3 is 1. The van der Waals surface area contributed by atoms with E-state index in [0.717, 1.165) is 45.9 Å². The first-order chi connectivity index (χ1) is 9.19. The van der Waals surface area contributed by atoms with Gasteiger partial charge in [0.15, 0.2) is 0 Å². The highest BCUT2D eigenvalue weighted by Crippen LogP contribution is 2.18. The van der Waals surface area contributed by atoms with E-state index in [1.54, 1.807) is 0 Å². The molecular formula is C14H26N2O3. The van der Waals surface area contributed by atoms with E-state index in [-0.39, 0.29) is 5.97 Å². The van der Waals surface area contributed by atoms with Crippen molar-refractivity contribution in [2.24, 2.45) is 5.92 Å². The van der Waals surface area contributed by atoms with Crippen molar-refractivity contribution in [1.29, 1.82) is 0 Å². The summed E-state index contributed by atoms with van der Waals surface area (Å²) in [6.45, 7) is 9.30. The predicted molar refractivity (Wildman–Crippen MR) is 73.0 cm³/mol. The van der Waals surface area contributed by atoms with Crippen molar-refractivity contribution in [3.8, 4) is 0 Å². The van der Waals surface area contributed by atoms with E-state index in [4.69, 9.17) is 4.74 Å². The molecule has 0 aromatic rings. The molecule has 0 aromatic heterocycles. The molecule has 0 spiro atoms. The molecule has 0 bridgehead atoms. The summed E-state index contributed by atoms with van der Waals surface area (Å²) in [5.41, 5.74) is 0. The molecule has 0 aliphatic carbocycles. The predicted octanol–water partition coefficient (Wildman–Crippen LogP) is 0.592. The molecule has 5 nitrogen and oxygen atoms in total. The summed E-state index contributed by atoms with van der Waals surface area (Å²) in [6, 6.07) is 0.562. The number of hydrogen-bond acceptors (Lipinski definition) is 5. The van der Waals surface area contributed by atoms with Crippen LogP contribution in [0.4, 0.5) is 0 Å².